The van der Waals surface area contributed by atoms with Crippen molar-refractivity contribution in [2.75, 3.05) is 46.9 Å². The van der Waals surface area contributed by atoms with Gasteiger partial charge in [0.15, 0.2) is 0 Å². The molecule has 1 heterocycles. The molecule has 21 heavy (non-hydrogen) atoms. The minimum absolute atomic E-state index is 0.701. The average Bonchev–Trinajstić information content (AvgIpc) is 2.52. The van der Waals surface area contributed by atoms with E-state index in [1.165, 1.54) is 51.5 Å². The van der Waals surface area contributed by atoms with Gasteiger partial charge >= 0.3 is 0 Å². The molecule has 4 nitrogen and oxygen atoms in total. The quantitative estimate of drug-likeness (QED) is 0.671. The van der Waals surface area contributed by atoms with E-state index in [9.17, 15) is 0 Å². The molecule has 2 fully saturated rings. The van der Waals surface area contributed by atoms with Crippen molar-refractivity contribution in [3.63, 3.8) is 0 Å². The first-order chi connectivity index (χ1) is 10.3. The van der Waals surface area contributed by atoms with Crippen LogP contribution in [0.1, 0.15) is 44.9 Å². The summed E-state index contributed by atoms with van der Waals surface area (Å²) in [5.41, 5.74) is 0. The Morgan fingerprint density at radius 1 is 1.05 bits per heavy atom. The van der Waals surface area contributed by atoms with Gasteiger partial charge in [-0.2, -0.15) is 0 Å². The third kappa shape index (κ3) is 6.23. The molecule has 124 valence electrons. The van der Waals surface area contributed by atoms with Crippen LogP contribution in [-0.2, 0) is 4.74 Å². The lowest BCUT2D eigenvalue weighted by Gasteiger charge is -2.40. The number of piperidine rings is 1. The molecule has 2 rings (SSSR count). The zero-order valence-corrected chi connectivity index (χ0v) is 14.1. The number of likely N-dealkylation sites (N-methyl/N-ethyl adjacent to an activating group) is 1. The van der Waals surface area contributed by atoms with Gasteiger partial charge in [-0.15, -0.1) is 0 Å². The van der Waals surface area contributed by atoms with Gasteiger partial charge in [0.05, 0.1) is 13.2 Å². The number of hydrogen-bond acceptors (Lipinski definition) is 4. The summed E-state index contributed by atoms with van der Waals surface area (Å²) >= 11 is 0. The van der Waals surface area contributed by atoms with Crippen LogP contribution in [-0.4, -0.2) is 63.9 Å². The number of rotatable bonds is 8. The molecule has 0 bridgehead atoms. The summed E-state index contributed by atoms with van der Waals surface area (Å²) in [6.45, 7) is 4.92. The molecular formula is C17H35N3O. The van der Waals surface area contributed by atoms with Crippen LogP contribution in [0.5, 0.6) is 0 Å². The first kappa shape index (κ1) is 17.2. The Bertz CT molecular complexity index is 267. The van der Waals surface area contributed by atoms with Crippen LogP contribution >= 0.6 is 0 Å². The predicted octanol–water partition coefficient (Wildman–Crippen LogP) is 1.86. The highest BCUT2D eigenvalue weighted by Crippen LogP contribution is 2.30. The number of nitrogens with one attached hydrogen (secondary N) is 2. The van der Waals surface area contributed by atoms with Gasteiger partial charge in [-0.05, 0) is 52.2 Å². The predicted molar refractivity (Wildman–Crippen MR) is 88.8 cm³/mol. The second-order valence-corrected chi connectivity index (χ2v) is 6.98. The summed E-state index contributed by atoms with van der Waals surface area (Å²) in [6, 6.07) is 1.46. The molecule has 1 aliphatic carbocycles. The van der Waals surface area contributed by atoms with Gasteiger partial charge in [0.2, 0.25) is 0 Å². The molecule has 0 aromatic carbocycles. The first-order valence-corrected chi connectivity index (χ1v) is 8.96. The second kappa shape index (κ2) is 9.78. The largest absolute Gasteiger partial charge is 0.379 e. The molecule has 3 unspecified atom stereocenters. The summed E-state index contributed by atoms with van der Waals surface area (Å²) in [6.07, 6.45) is 9.71. The van der Waals surface area contributed by atoms with Crippen LogP contribution in [0.4, 0.5) is 0 Å². The fourth-order valence-corrected chi connectivity index (χ4v) is 3.80. The van der Waals surface area contributed by atoms with Crippen molar-refractivity contribution in [2.45, 2.75) is 57.0 Å². The maximum absolute atomic E-state index is 5.70. The highest BCUT2D eigenvalue weighted by Gasteiger charge is 2.31. The van der Waals surface area contributed by atoms with E-state index in [0.29, 0.717) is 6.04 Å². The molecule has 0 radical (unpaired) electrons. The van der Waals surface area contributed by atoms with Crippen LogP contribution < -0.4 is 10.6 Å². The minimum atomic E-state index is 0.701. The monoisotopic (exact) mass is 297 g/mol. The van der Waals surface area contributed by atoms with Gasteiger partial charge in [-0.25, -0.2) is 0 Å². The zero-order valence-electron chi connectivity index (χ0n) is 14.1. The topological polar surface area (TPSA) is 36.5 Å². The normalized spacial score (nSPS) is 30.7. The Morgan fingerprint density at radius 2 is 1.86 bits per heavy atom. The van der Waals surface area contributed by atoms with E-state index in [4.69, 9.17) is 4.74 Å². The Kier molecular flexibility index (Phi) is 8.01. The van der Waals surface area contributed by atoms with Crippen LogP contribution in [0.2, 0.25) is 0 Å². The van der Waals surface area contributed by atoms with Gasteiger partial charge in [0, 0.05) is 25.2 Å². The molecule has 0 spiro atoms. The molecule has 3 atom stereocenters. The fraction of sp³-hybridized carbons (Fsp3) is 1.00. The molecule has 1 aliphatic heterocycles. The van der Waals surface area contributed by atoms with E-state index in [2.05, 4.69) is 29.6 Å². The van der Waals surface area contributed by atoms with Crippen LogP contribution in [0.3, 0.4) is 0 Å². The van der Waals surface area contributed by atoms with E-state index in [1.807, 2.05) is 0 Å². The minimum Gasteiger partial charge on any atom is -0.379 e. The van der Waals surface area contributed by atoms with Crippen molar-refractivity contribution in [3.8, 4) is 0 Å². The lowest BCUT2D eigenvalue weighted by Crippen LogP contribution is -2.51. The lowest BCUT2D eigenvalue weighted by atomic mass is 9.77. The Balaban J connectivity index is 1.64. The molecule has 2 N–H and O–H groups in total. The summed E-state index contributed by atoms with van der Waals surface area (Å²) in [7, 11) is 4.18. The summed E-state index contributed by atoms with van der Waals surface area (Å²) in [4.78, 5) is 2.17. The Hall–Kier alpha value is -0.160. The molecule has 1 saturated carbocycles. The van der Waals surface area contributed by atoms with Gasteiger partial charge in [0.1, 0.15) is 0 Å². The SMILES string of the molecule is CN(C)CCOCCNC1CCCCC1C1CCCCN1. The molecule has 1 saturated heterocycles. The Morgan fingerprint density at radius 3 is 2.62 bits per heavy atom. The van der Waals surface area contributed by atoms with Gasteiger partial charge in [-0.3, -0.25) is 0 Å². The van der Waals surface area contributed by atoms with Crippen molar-refractivity contribution < 1.29 is 4.74 Å². The molecule has 0 aromatic rings. The third-order valence-electron chi connectivity index (χ3n) is 5.02. The zero-order chi connectivity index (χ0) is 14.9. The molecule has 2 aliphatic rings. The summed E-state index contributed by atoms with van der Waals surface area (Å²) < 4.78 is 5.70. The third-order valence-corrected chi connectivity index (χ3v) is 5.02. The van der Waals surface area contributed by atoms with Gasteiger partial charge < -0.3 is 20.3 Å². The number of ether oxygens (including phenoxy) is 1. The highest BCUT2D eigenvalue weighted by molar-refractivity contribution is 4.90. The first-order valence-electron chi connectivity index (χ1n) is 8.96. The van der Waals surface area contributed by atoms with E-state index in [0.717, 1.165) is 38.3 Å². The highest BCUT2D eigenvalue weighted by atomic mass is 16.5. The van der Waals surface area contributed by atoms with Crippen LogP contribution in [0, 0.1) is 5.92 Å². The standard InChI is InChI=1S/C17H35N3O/c1-20(2)12-14-21-13-11-19-17-8-4-3-7-15(17)16-9-5-6-10-18-16/h15-19H,3-14H2,1-2H3. The van der Waals surface area contributed by atoms with Crippen molar-refractivity contribution in [3.05, 3.63) is 0 Å². The van der Waals surface area contributed by atoms with Crippen LogP contribution in [0.15, 0.2) is 0 Å². The lowest BCUT2D eigenvalue weighted by molar-refractivity contribution is 0.109. The van der Waals surface area contributed by atoms with E-state index in [-0.39, 0.29) is 0 Å². The van der Waals surface area contributed by atoms with Crippen molar-refractivity contribution in [2.24, 2.45) is 5.92 Å². The Labute approximate surface area is 131 Å². The van der Waals surface area contributed by atoms with Crippen molar-refractivity contribution in [1.82, 2.24) is 15.5 Å². The average molecular weight is 297 g/mol. The smallest absolute Gasteiger partial charge is 0.0593 e. The number of hydrogen-bond donors (Lipinski definition) is 2. The van der Waals surface area contributed by atoms with Crippen molar-refractivity contribution in [1.29, 1.82) is 0 Å². The van der Waals surface area contributed by atoms with Crippen molar-refractivity contribution >= 4 is 0 Å². The van der Waals surface area contributed by atoms with Gasteiger partial charge in [-0.1, -0.05) is 19.3 Å². The number of nitrogens with zero attached hydrogens (tertiary/aromatic N) is 1. The van der Waals surface area contributed by atoms with Crippen LogP contribution in [0.25, 0.3) is 0 Å². The molecule has 0 amide bonds. The van der Waals surface area contributed by atoms with E-state index < -0.39 is 0 Å². The maximum Gasteiger partial charge on any atom is 0.0593 e. The maximum atomic E-state index is 5.70. The fourth-order valence-electron chi connectivity index (χ4n) is 3.80. The molecule has 4 heteroatoms. The summed E-state index contributed by atoms with van der Waals surface area (Å²) in [5, 5.41) is 7.54. The molecule has 0 aromatic heterocycles. The molecular weight excluding hydrogens is 262 g/mol. The van der Waals surface area contributed by atoms with E-state index >= 15 is 0 Å². The van der Waals surface area contributed by atoms with E-state index in [1.54, 1.807) is 0 Å². The second-order valence-electron chi connectivity index (χ2n) is 6.98. The van der Waals surface area contributed by atoms with Gasteiger partial charge in [0.25, 0.3) is 0 Å². The summed E-state index contributed by atoms with van der Waals surface area (Å²) in [5.74, 6) is 0.834.